The Morgan fingerprint density at radius 2 is 2.12 bits per heavy atom. The van der Waals surface area contributed by atoms with E-state index in [0.717, 1.165) is 11.3 Å². The molecule has 0 saturated heterocycles. The van der Waals surface area contributed by atoms with Gasteiger partial charge < -0.3 is 5.32 Å². The molecule has 0 bridgehead atoms. The Bertz CT molecular complexity index is 391. The molecule has 3 heteroatoms. The first-order valence-corrected chi connectivity index (χ1v) is 6.34. The highest BCUT2D eigenvalue weighted by molar-refractivity contribution is 7.98. The predicted octanol–water partition coefficient (Wildman–Crippen LogP) is 2.55. The maximum Gasteiger partial charge on any atom is 0.252 e. The van der Waals surface area contributed by atoms with Crippen LogP contribution in [0.4, 0.5) is 0 Å². The standard InChI is InChI=1S/C13H15NOS/c1-4-11(5-2)14-13(15)10-6-8-12(16-3)9-7-10/h1,6-9,11H,5H2,2-3H3,(H,14,15). The van der Waals surface area contributed by atoms with E-state index in [9.17, 15) is 4.79 Å². The van der Waals surface area contributed by atoms with E-state index in [2.05, 4.69) is 11.2 Å². The summed E-state index contributed by atoms with van der Waals surface area (Å²) >= 11 is 1.65. The van der Waals surface area contributed by atoms with Gasteiger partial charge >= 0.3 is 0 Å². The SMILES string of the molecule is C#CC(CC)NC(=O)c1ccc(SC)cc1. The maximum absolute atomic E-state index is 11.8. The van der Waals surface area contributed by atoms with Gasteiger partial charge in [-0.05, 0) is 36.9 Å². The van der Waals surface area contributed by atoms with Crippen LogP contribution < -0.4 is 5.32 Å². The summed E-state index contributed by atoms with van der Waals surface area (Å²) in [6.45, 7) is 1.95. The fourth-order valence-corrected chi connectivity index (χ4v) is 1.65. The molecule has 0 spiro atoms. The van der Waals surface area contributed by atoms with Gasteiger partial charge in [-0.1, -0.05) is 12.8 Å². The Labute approximate surface area is 101 Å². The molecule has 16 heavy (non-hydrogen) atoms. The average molecular weight is 233 g/mol. The van der Waals surface area contributed by atoms with Crippen LogP contribution in [-0.2, 0) is 0 Å². The molecular formula is C13H15NOS. The van der Waals surface area contributed by atoms with E-state index in [1.165, 1.54) is 0 Å². The van der Waals surface area contributed by atoms with Crippen molar-refractivity contribution in [2.24, 2.45) is 0 Å². The highest BCUT2D eigenvalue weighted by Crippen LogP contribution is 2.14. The van der Waals surface area contributed by atoms with Gasteiger partial charge in [-0.2, -0.15) is 0 Å². The molecule has 84 valence electrons. The molecule has 0 aliphatic rings. The van der Waals surface area contributed by atoms with Crippen LogP contribution in [0.3, 0.4) is 0 Å². The predicted molar refractivity (Wildman–Crippen MR) is 68.6 cm³/mol. The monoisotopic (exact) mass is 233 g/mol. The summed E-state index contributed by atoms with van der Waals surface area (Å²) in [5.41, 5.74) is 0.645. The number of thioether (sulfide) groups is 1. The van der Waals surface area contributed by atoms with Crippen molar-refractivity contribution in [1.82, 2.24) is 5.32 Å². The Morgan fingerprint density at radius 3 is 2.56 bits per heavy atom. The van der Waals surface area contributed by atoms with Crippen molar-refractivity contribution >= 4 is 17.7 Å². The van der Waals surface area contributed by atoms with Gasteiger partial charge in [0.1, 0.15) is 0 Å². The largest absolute Gasteiger partial charge is 0.338 e. The summed E-state index contributed by atoms with van der Waals surface area (Å²) in [5, 5.41) is 2.79. The normalized spacial score (nSPS) is 11.6. The molecule has 0 aliphatic carbocycles. The number of carbonyl (C=O) groups is 1. The van der Waals surface area contributed by atoms with Gasteiger partial charge in [0.25, 0.3) is 5.91 Å². The van der Waals surface area contributed by atoms with Crippen molar-refractivity contribution in [3.05, 3.63) is 29.8 Å². The summed E-state index contributed by atoms with van der Waals surface area (Å²) in [5.74, 6) is 2.43. The zero-order valence-electron chi connectivity index (χ0n) is 9.49. The number of rotatable bonds is 4. The Kier molecular flexibility index (Phi) is 4.94. The quantitative estimate of drug-likeness (QED) is 0.639. The van der Waals surface area contributed by atoms with Gasteiger partial charge in [-0.15, -0.1) is 18.2 Å². The van der Waals surface area contributed by atoms with Crippen molar-refractivity contribution in [2.45, 2.75) is 24.3 Å². The number of hydrogen-bond donors (Lipinski definition) is 1. The first kappa shape index (κ1) is 12.7. The summed E-state index contributed by atoms with van der Waals surface area (Å²) in [6.07, 6.45) is 8.03. The third-order valence-corrected chi connectivity index (χ3v) is 3.01. The minimum absolute atomic E-state index is 0.113. The molecule has 1 aromatic rings. The van der Waals surface area contributed by atoms with E-state index in [0.29, 0.717) is 5.56 Å². The second-order valence-corrected chi connectivity index (χ2v) is 4.21. The average Bonchev–Trinajstić information content (AvgIpc) is 2.35. The molecule has 0 saturated carbocycles. The van der Waals surface area contributed by atoms with Crippen molar-refractivity contribution in [2.75, 3.05) is 6.26 Å². The third-order valence-electron chi connectivity index (χ3n) is 2.27. The Morgan fingerprint density at radius 1 is 1.50 bits per heavy atom. The first-order valence-electron chi connectivity index (χ1n) is 5.12. The van der Waals surface area contributed by atoms with E-state index < -0.39 is 0 Å². The summed E-state index contributed by atoms with van der Waals surface area (Å²) in [7, 11) is 0. The van der Waals surface area contributed by atoms with E-state index >= 15 is 0 Å². The van der Waals surface area contributed by atoms with Gasteiger partial charge in [0, 0.05) is 10.5 Å². The zero-order valence-corrected chi connectivity index (χ0v) is 10.3. The lowest BCUT2D eigenvalue weighted by Gasteiger charge is -2.10. The van der Waals surface area contributed by atoms with Gasteiger partial charge in [-0.3, -0.25) is 4.79 Å². The van der Waals surface area contributed by atoms with Gasteiger partial charge in [-0.25, -0.2) is 0 Å². The minimum atomic E-state index is -0.187. The molecule has 1 atom stereocenters. The fourth-order valence-electron chi connectivity index (χ4n) is 1.25. The fraction of sp³-hybridized carbons (Fsp3) is 0.308. The summed E-state index contributed by atoms with van der Waals surface area (Å²) in [6, 6.07) is 7.29. The maximum atomic E-state index is 11.8. The molecule has 1 N–H and O–H groups in total. The molecule has 0 aliphatic heterocycles. The van der Waals surface area contributed by atoms with Crippen molar-refractivity contribution in [3.8, 4) is 12.3 Å². The second kappa shape index (κ2) is 6.24. The van der Waals surface area contributed by atoms with E-state index in [1.807, 2.05) is 37.4 Å². The van der Waals surface area contributed by atoms with Crippen molar-refractivity contribution in [1.29, 1.82) is 0 Å². The van der Waals surface area contributed by atoms with Crippen LogP contribution in [0, 0.1) is 12.3 Å². The molecule has 0 aromatic heterocycles. The molecule has 0 fully saturated rings. The molecule has 1 aromatic carbocycles. The molecule has 1 unspecified atom stereocenters. The Hall–Kier alpha value is -1.40. The van der Waals surface area contributed by atoms with Crippen LogP contribution in [-0.4, -0.2) is 18.2 Å². The lowest BCUT2D eigenvalue weighted by atomic mass is 10.2. The lowest BCUT2D eigenvalue weighted by molar-refractivity contribution is 0.0945. The highest BCUT2D eigenvalue weighted by Gasteiger charge is 2.09. The topological polar surface area (TPSA) is 29.1 Å². The van der Waals surface area contributed by atoms with E-state index in [1.54, 1.807) is 11.8 Å². The lowest BCUT2D eigenvalue weighted by Crippen LogP contribution is -2.33. The van der Waals surface area contributed by atoms with Crippen molar-refractivity contribution < 1.29 is 4.79 Å². The molecular weight excluding hydrogens is 218 g/mol. The highest BCUT2D eigenvalue weighted by atomic mass is 32.2. The third kappa shape index (κ3) is 3.32. The number of hydrogen-bond acceptors (Lipinski definition) is 2. The van der Waals surface area contributed by atoms with Crippen LogP contribution in [0.5, 0.6) is 0 Å². The zero-order chi connectivity index (χ0) is 12.0. The number of terminal acetylenes is 1. The van der Waals surface area contributed by atoms with Crippen LogP contribution in [0.15, 0.2) is 29.2 Å². The number of amides is 1. The minimum Gasteiger partial charge on any atom is -0.338 e. The van der Waals surface area contributed by atoms with Gasteiger partial charge in [0.05, 0.1) is 6.04 Å². The van der Waals surface area contributed by atoms with Crippen LogP contribution in [0.1, 0.15) is 23.7 Å². The van der Waals surface area contributed by atoms with E-state index in [4.69, 9.17) is 6.42 Å². The van der Waals surface area contributed by atoms with Crippen molar-refractivity contribution in [3.63, 3.8) is 0 Å². The Balaban J connectivity index is 2.70. The molecule has 2 nitrogen and oxygen atoms in total. The van der Waals surface area contributed by atoms with Gasteiger partial charge in [0.2, 0.25) is 0 Å². The number of nitrogens with one attached hydrogen (secondary N) is 1. The van der Waals surface area contributed by atoms with Crippen LogP contribution in [0.25, 0.3) is 0 Å². The molecule has 0 radical (unpaired) electrons. The number of benzene rings is 1. The van der Waals surface area contributed by atoms with E-state index in [-0.39, 0.29) is 11.9 Å². The summed E-state index contributed by atoms with van der Waals surface area (Å²) in [4.78, 5) is 12.9. The van der Waals surface area contributed by atoms with Crippen LogP contribution in [0.2, 0.25) is 0 Å². The van der Waals surface area contributed by atoms with Gasteiger partial charge in [0.15, 0.2) is 0 Å². The molecule has 1 amide bonds. The first-order chi connectivity index (χ1) is 7.71. The second-order valence-electron chi connectivity index (χ2n) is 3.33. The molecule has 1 rings (SSSR count). The number of carbonyl (C=O) groups excluding carboxylic acids is 1. The summed E-state index contributed by atoms with van der Waals surface area (Å²) < 4.78 is 0. The smallest absolute Gasteiger partial charge is 0.252 e. The molecule has 0 heterocycles. The van der Waals surface area contributed by atoms with Crippen LogP contribution >= 0.6 is 11.8 Å².